The summed E-state index contributed by atoms with van der Waals surface area (Å²) in [5.41, 5.74) is 5.15. The molecule has 0 amide bonds. The molecule has 88 valence electrons. The molecule has 2 atom stereocenters. The maximum atomic E-state index is 11.2. The molecule has 0 radical (unpaired) electrons. The Hall–Kier alpha value is -0.650. The minimum absolute atomic E-state index is 0.355. The summed E-state index contributed by atoms with van der Waals surface area (Å²) >= 11 is 0. The first-order valence-electron chi connectivity index (χ1n) is 5.17. The van der Waals surface area contributed by atoms with Crippen LogP contribution in [0.3, 0.4) is 0 Å². The Morgan fingerprint density at radius 3 is 2.87 bits per heavy atom. The van der Waals surface area contributed by atoms with Gasteiger partial charge >= 0.3 is 5.97 Å². The standard InChI is InChI=1S/C10H19NO4/c1-8(9(12)13-2)15-10(6-11)4-3-5-14-7-10/h8H,3-7,11H2,1-2H3. The van der Waals surface area contributed by atoms with Crippen LogP contribution in [-0.4, -0.2) is 44.5 Å². The van der Waals surface area contributed by atoms with Gasteiger partial charge in [0.2, 0.25) is 0 Å². The topological polar surface area (TPSA) is 70.8 Å². The summed E-state index contributed by atoms with van der Waals surface area (Å²) in [5, 5.41) is 0. The molecular weight excluding hydrogens is 198 g/mol. The molecule has 0 aliphatic carbocycles. The van der Waals surface area contributed by atoms with E-state index in [-0.39, 0.29) is 5.97 Å². The molecule has 0 saturated carbocycles. The van der Waals surface area contributed by atoms with Gasteiger partial charge in [0.15, 0.2) is 6.10 Å². The molecule has 1 saturated heterocycles. The normalized spacial score (nSPS) is 28.5. The summed E-state index contributed by atoms with van der Waals surface area (Å²) in [7, 11) is 1.34. The number of hydrogen-bond donors (Lipinski definition) is 1. The molecule has 15 heavy (non-hydrogen) atoms. The Bertz CT molecular complexity index is 213. The third-order valence-electron chi connectivity index (χ3n) is 2.62. The van der Waals surface area contributed by atoms with Crippen LogP contribution < -0.4 is 5.73 Å². The van der Waals surface area contributed by atoms with Crippen molar-refractivity contribution in [3.63, 3.8) is 0 Å². The first-order valence-corrected chi connectivity index (χ1v) is 5.17. The van der Waals surface area contributed by atoms with Crippen LogP contribution in [0.5, 0.6) is 0 Å². The Labute approximate surface area is 89.9 Å². The molecule has 5 nitrogen and oxygen atoms in total. The Morgan fingerprint density at radius 1 is 1.67 bits per heavy atom. The lowest BCUT2D eigenvalue weighted by Crippen LogP contribution is -2.50. The van der Waals surface area contributed by atoms with Crippen LogP contribution in [-0.2, 0) is 19.0 Å². The van der Waals surface area contributed by atoms with E-state index in [4.69, 9.17) is 15.2 Å². The molecule has 0 bridgehead atoms. The van der Waals surface area contributed by atoms with Crippen LogP contribution in [0.2, 0.25) is 0 Å². The summed E-state index contributed by atoms with van der Waals surface area (Å²) in [6.07, 6.45) is 1.14. The third kappa shape index (κ3) is 3.15. The quantitative estimate of drug-likeness (QED) is 0.675. The minimum atomic E-state index is -0.597. The van der Waals surface area contributed by atoms with Crippen molar-refractivity contribution in [1.82, 2.24) is 0 Å². The second kappa shape index (κ2) is 5.44. The van der Waals surface area contributed by atoms with Gasteiger partial charge in [-0.05, 0) is 19.8 Å². The number of carbonyl (C=O) groups excluding carboxylic acids is 1. The summed E-state index contributed by atoms with van der Waals surface area (Å²) in [4.78, 5) is 11.2. The fraction of sp³-hybridized carbons (Fsp3) is 0.900. The zero-order valence-electron chi connectivity index (χ0n) is 9.32. The van der Waals surface area contributed by atoms with E-state index in [0.29, 0.717) is 13.2 Å². The molecule has 1 aliphatic heterocycles. The smallest absolute Gasteiger partial charge is 0.334 e. The lowest BCUT2D eigenvalue weighted by Gasteiger charge is -2.37. The van der Waals surface area contributed by atoms with Crippen LogP contribution >= 0.6 is 0 Å². The first-order chi connectivity index (χ1) is 7.13. The fourth-order valence-corrected chi connectivity index (χ4v) is 1.72. The van der Waals surface area contributed by atoms with E-state index in [0.717, 1.165) is 19.4 Å². The van der Waals surface area contributed by atoms with Crippen LogP contribution in [0.25, 0.3) is 0 Å². The SMILES string of the molecule is COC(=O)C(C)OC1(CN)CCCOC1. The number of rotatable bonds is 4. The van der Waals surface area contributed by atoms with Gasteiger partial charge in [0, 0.05) is 13.2 Å². The third-order valence-corrected chi connectivity index (χ3v) is 2.62. The highest BCUT2D eigenvalue weighted by Gasteiger charge is 2.36. The van der Waals surface area contributed by atoms with Crippen molar-refractivity contribution in [1.29, 1.82) is 0 Å². The predicted molar refractivity (Wildman–Crippen MR) is 54.4 cm³/mol. The number of hydrogen-bond acceptors (Lipinski definition) is 5. The van der Waals surface area contributed by atoms with Gasteiger partial charge in [0.05, 0.1) is 13.7 Å². The van der Waals surface area contributed by atoms with E-state index in [1.165, 1.54) is 7.11 Å². The van der Waals surface area contributed by atoms with Crippen molar-refractivity contribution in [2.45, 2.75) is 31.5 Å². The molecule has 1 aliphatic rings. The largest absolute Gasteiger partial charge is 0.467 e. The highest BCUT2D eigenvalue weighted by atomic mass is 16.6. The highest BCUT2D eigenvalue weighted by molar-refractivity contribution is 5.74. The minimum Gasteiger partial charge on any atom is -0.467 e. The Balaban J connectivity index is 2.54. The summed E-state index contributed by atoms with van der Waals surface area (Å²) < 4.78 is 15.6. The molecule has 0 aromatic heterocycles. The van der Waals surface area contributed by atoms with E-state index < -0.39 is 11.7 Å². The van der Waals surface area contributed by atoms with Crippen LogP contribution in [0.15, 0.2) is 0 Å². The molecule has 2 N–H and O–H groups in total. The van der Waals surface area contributed by atoms with E-state index in [1.807, 2.05) is 0 Å². The zero-order valence-corrected chi connectivity index (χ0v) is 9.32. The Morgan fingerprint density at radius 2 is 2.40 bits per heavy atom. The first kappa shape index (κ1) is 12.4. The van der Waals surface area contributed by atoms with Crippen LogP contribution in [0.4, 0.5) is 0 Å². The summed E-state index contributed by atoms with van der Waals surface area (Å²) in [6.45, 7) is 3.20. The molecule has 1 heterocycles. The lowest BCUT2D eigenvalue weighted by molar-refractivity contribution is -0.180. The van der Waals surface area contributed by atoms with E-state index in [1.54, 1.807) is 6.92 Å². The van der Waals surface area contributed by atoms with Crippen molar-refractivity contribution in [3.05, 3.63) is 0 Å². The van der Waals surface area contributed by atoms with Crippen LogP contribution in [0.1, 0.15) is 19.8 Å². The maximum absolute atomic E-state index is 11.2. The van der Waals surface area contributed by atoms with Crippen molar-refractivity contribution in [3.8, 4) is 0 Å². The van der Waals surface area contributed by atoms with E-state index >= 15 is 0 Å². The average molecular weight is 217 g/mol. The molecule has 1 rings (SSSR count). The second-order valence-electron chi connectivity index (χ2n) is 3.83. The molecule has 5 heteroatoms. The fourth-order valence-electron chi connectivity index (χ4n) is 1.72. The van der Waals surface area contributed by atoms with Crippen LogP contribution in [0, 0.1) is 0 Å². The lowest BCUT2D eigenvalue weighted by atomic mass is 9.96. The van der Waals surface area contributed by atoms with Gasteiger partial charge in [-0.1, -0.05) is 0 Å². The summed E-state index contributed by atoms with van der Waals surface area (Å²) in [6, 6.07) is 0. The molecule has 0 aromatic carbocycles. The van der Waals surface area contributed by atoms with Gasteiger partial charge in [0.25, 0.3) is 0 Å². The van der Waals surface area contributed by atoms with Crippen molar-refractivity contribution >= 4 is 5.97 Å². The number of nitrogens with two attached hydrogens (primary N) is 1. The molecule has 1 fully saturated rings. The number of esters is 1. The van der Waals surface area contributed by atoms with Gasteiger partial charge < -0.3 is 19.9 Å². The van der Waals surface area contributed by atoms with Gasteiger partial charge in [-0.15, -0.1) is 0 Å². The molecule has 0 spiro atoms. The molecular formula is C10H19NO4. The molecule has 2 unspecified atom stereocenters. The summed E-state index contributed by atoms with van der Waals surface area (Å²) in [5.74, 6) is -0.381. The Kier molecular flexibility index (Phi) is 4.50. The number of ether oxygens (including phenoxy) is 3. The molecule has 0 aromatic rings. The number of methoxy groups -OCH3 is 1. The van der Waals surface area contributed by atoms with Gasteiger partial charge in [0.1, 0.15) is 5.60 Å². The maximum Gasteiger partial charge on any atom is 0.334 e. The zero-order chi connectivity index (χ0) is 11.3. The van der Waals surface area contributed by atoms with Gasteiger partial charge in [-0.3, -0.25) is 0 Å². The van der Waals surface area contributed by atoms with E-state index in [9.17, 15) is 4.79 Å². The monoisotopic (exact) mass is 217 g/mol. The highest BCUT2D eigenvalue weighted by Crippen LogP contribution is 2.24. The second-order valence-corrected chi connectivity index (χ2v) is 3.83. The van der Waals surface area contributed by atoms with Gasteiger partial charge in [-0.2, -0.15) is 0 Å². The van der Waals surface area contributed by atoms with E-state index in [2.05, 4.69) is 4.74 Å². The number of carbonyl (C=O) groups is 1. The van der Waals surface area contributed by atoms with Gasteiger partial charge in [-0.25, -0.2) is 4.79 Å². The van der Waals surface area contributed by atoms with Crippen molar-refractivity contribution in [2.24, 2.45) is 5.73 Å². The van der Waals surface area contributed by atoms with Crippen molar-refractivity contribution in [2.75, 3.05) is 26.9 Å². The predicted octanol–water partition coefficient (Wildman–Crippen LogP) is 0.0724. The van der Waals surface area contributed by atoms with Crippen molar-refractivity contribution < 1.29 is 19.0 Å². The average Bonchev–Trinajstić information content (AvgIpc) is 2.29.